The van der Waals surface area contributed by atoms with Crippen LogP contribution in [0.5, 0.6) is 17.2 Å². The van der Waals surface area contributed by atoms with E-state index in [-0.39, 0.29) is 24.8 Å². The molecule has 0 radical (unpaired) electrons. The lowest BCUT2D eigenvalue weighted by Gasteiger charge is -2.37. The molecule has 0 saturated carbocycles. The van der Waals surface area contributed by atoms with Crippen LogP contribution < -0.4 is 14.2 Å². The molecule has 2 amide bonds. The van der Waals surface area contributed by atoms with Gasteiger partial charge in [0.1, 0.15) is 17.9 Å². The molecule has 0 bridgehead atoms. The minimum absolute atomic E-state index is 0.0156. The van der Waals surface area contributed by atoms with Crippen LogP contribution in [0, 0.1) is 0 Å². The highest BCUT2D eigenvalue weighted by atomic mass is 16.6. The average Bonchev–Trinajstić information content (AvgIpc) is 3.25. The van der Waals surface area contributed by atoms with E-state index >= 15 is 0 Å². The maximum Gasteiger partial charge on any atom is 0.267 e. The number of furan rings is 1. The smallest absolute Gasteiger partial charge is 0.267 e. The van der Waals surface area contributed by atoms with E-state index < -0.39 is 6.10 Å². The highest BCUT2D eigenvalue weighted by molar-refractivity contribution is 5.88. The van der Waals surface area contributed by atoms with Gasteiger partial charge >= 0.3 is 0 Å². The first kappa shape index (κ1) is 20.2. The largest absolute Gasteiger partial charge is 0.497 e. The molecule has 0 N–H and O–H groups in total. The zero-order valence-electron chi connectivity index (χ0n) is 17.8. The molecule has 1 saturated heterocycles. The highest BCUT2D eigenvalue weighted by Gasteiger charge is 2.33. The number of ether oxygens (including phenoxy) is 3. The summed E-state index contributed by atoms with van der Waals surface area (Å²) in [5.41, 5.74) is 1.54. The van der Waals surface area contributed by atoms with Gasteiger partial charge in [0.25, 0.3) is 5.91 Å². The SMILES string of the molecule is COc1ccc2c(CC(=O)N3CCN(C(=O)C4COc5ccccc5O4)CC3)coc2c1. The Morgan fingerprint density at radius 1 is 1.03 bits per heavy atom. The van der Waals surface area contributed by atoms with E-state index in [1.807, 2.05) is 36.4 Å². The van der Waals surface area contributed by atoms with Gasteiger partial charge in [0.2, 0.25) is 12.0 Å². The van der Waals surface area contributed by atoms with Crippen LogP contribution >= 0.6 is 0 Å². The summed E-state index contributed by atoms with van der Waals surface area (Å²) in [5, 5.41) is 0.905. The Balaban J connectivity index is 1.17. The van der Waals surface area contributed by atoms with E-state index in [9.17, 15) is 9.59 Å². The second-order valence-electron chi connectivity index (χ2n) is 7.87. The van der Waals surface area contributed by atoms with Gasteiger partial charge in [0, 0.05) is 43.2 Å². The predicted octanol–water partition coefficient (Wildman–Crippen LogP) is 2.49. The lowest BCUT2D eigenvalue weighted by Crippen LogP contribution is -2.55. The van der Waals surface area contributed by atoms with Crippen LogP contribution in [0.1, 0.15) is 5.56 Å². The van der Waals surface area contributed by atoms with E-state index in [1.165, 1.54) is 0 Å². The summed E-state index contributed by atoms with van der Waals surface area (Å²) in [7, 11) is 1.60. The second kappa shape index (κ2) is 8.45. The monoisotopic (exact) mass is 436 g/mol. The maximum atomic E-state index is 12.9. The lowest BCUT2D eigenvalue weighted by atomic mass is 10.1. The number of hydrogen-bond donors (Lipinski definition) is 0. The number of hydrogen-bond acceptors (Lipinski definition) is 6. The Kier molecular flexibility index (Phi) is 5.34. The molecule has 2 aliphatic heterocycles. The summed E-state index contributed by atoms with van der Waals surface area (Å²) in [6, 6.07) is 12.9. The number of carbonyl (C=O) groups is 2. The standard InChI is InChI=1S/C24H24N2O6/c1-29-17-6-7-18-16(14-30-21(18)13-17)12-23(27)25-8-10-26(11-9-25)24(28)22-15-31-19-4-2-3-5-20(19)32-22/h2-7,13-14,22H,8-12,15H2,1H3. The van der Waals surface area contributed by atoms with Gasteiger partial charge in [-0.25, -0.2) is 0 Å². The molecule has 1 atom stereocenters. The molecule has 32 heavy (non-hydrogen) atoms. The molecular formula is C24H24N2O6. The third kappa shape index (κ3) is 3.84. The molecule has 3 aromatic rings. The number of rotatable bonds is 4. The predicted molar refractivity (Wildman–Crippen MR) is 116 cm³/mol. The van der Waals surface area contributed by atoms with Gasteiger partial charge in [0.15, 0.2) is 11.5 Å². The lowest BCUT2D eigenvalue weighted by molar-refractivity contribution is -0.146. The van der Waals surface area contributed by atoms with E-state index in [2.05, 4.69) is 0 Å². The number of fused-ring (bicyclic) bond motifs is 2. The minimum Gasteiger partial charge on any atom is -0.497 e. The molecule has 8 nitrogen and oxygen atoms in total. The van der Waals surface area contributed by atoms with Crippen molar-refractivity contribution in [3.8, 4) is 17.2 Å². The van der Waals surface area contributed by atoms with Crippen molar-refractivity contribution in [2.45, 2.75) is 12.5 Å². The van der Waals surface area contributed by atoms with Gasteiger partial charge < -0.3 is 28.4 Å². The molecule has 1 unspecified atom stereocenters. The van der Waals surface area contributed by atoms with Gasteiger partial charge in [0.05, 0.1) is 19.8 Å². The van der Waals surface area contributed by atoms with Crippen molar-refractivity contribution in [1.29, 1.82) is 0 Å². The van der Waals surface area contributed by atoms with Crippen molar-refractivity contribution in [2.75, 3.05) is 39.9 Å². The van der Waals surface area contributed by atoms with Crippen LogP contribution in [0.15, 0.2) is 53.1 Å². The maximum absolute atomic E-state index is 12.9. The zero-order chi connectivity index (χ0) is 22.1. The van der Waals surface area contributed by atoms with Crippen molar-refractivity contribution in [3.05, 3.63) is 54.3 Å². The summed E-state index contributed by atoms with van der Waals surface area (Å²) in [6.45, 7) is 2.09. The number of amides is 2. The number of piperazine rings is 1. The molecule has 2 aromatic carbocycles. The minimum atomic E-state index is -0.665. The van der Waals surface area contributed by atoms with Crippen molar-refractivity contribution in [2.24, 2.45) is 0 Å². The van der Waals surface area contributed by atoms with Crippen molar-refractivity contribution in [1.82, 2.24) is 9.80 Å². The summed E-state index contributed by atoms with van der Waals surface area (Å²) < 4.78 is 22.3. The van der Waals surface area contributed by atoms with Crippen LogP contribution in [0.4, 0.5) is 0 Å². The summed E-state index contributed by atoms with van der Waals surface area (Å²) in [6.07, 6.45) is 1.21. The fourth-order valence-electron chi connectivity index (χ4n) is 4.12. The van der Waals surface area contributed by atoms with E-state index in [4.69, 9.17) is 18.6 Å². The molecule has 8 heteroatoms. The van der Waals surface area contributed by atoms with E-state index in [0.717, 1.165) is 10.9 Å². The van der Waals surface area contributed by atoms with Crippen LogP contribution in [0.25, 0.3) is 11.0 Å². The van der Waals surface area contributed by atoms with Crippen LogP contribution in [-0.2, 0) is 16.0 Å². The molecular weight excluding hydrogens is 412 g/mol. The Morgan fingerprint density at radius 2 is 1.78 bits per heavy atom. The molecule has 0 aliphatic carbocycles. The number of benzene rings is 2. The van der Waals surface area contributed by atoms with Crippen molar-refractivity contribution >= 4 is 22.8 Å². The van der Waals surface area contributed by atoms with Gasteiger partial charge in [-0.1, -0.05) is 12.1 Å². The molecule has 5 rings (SSSR count). The van der Waals surface area contributed by atoms with Crippen molar-refractivity contribution in [3.63, 3.8) is 0 Å². The topological polar surface area (TPSA) is 81.5 Å². The van der Waals surface area contributed by atoms with Crippen LogP contribution in [-0.4, -0.2) is 67.6 Å². The third-order valence-corrected chi connectivity index (χ3v) is 5.93. The highest BCUT2D eigenvalue weighted by Crippen LogP contribution is 2.31. The van der Waals surface area contributed by atoms with E-state index in [1.54, 1.807) is 29.2 Å². The van der Waals surface area contributed by atoms with Gasteiger partial charge in [-0.3, -0.25) is 9.59 Å². The van der Waals surface area contributed by atoms with Gasteiger partial charge in [-0.2, -0.15) is 0 Å². The molecule has 1 fully saturated rings. The van der Waals surface area contributed by atoms with E-state index in [0.29, 0.717) is 49.0 Å². The third-order valence-electron chi connectivity index (χ3n) is 5.93. The normalized spacial score (nSPS) is 18.0. The fraction of sp³-hybridized carbons (Fsp3) is 0.333. The quantitative estimate of drug-likeness (QED) is 0.625. The Bertz CT molecular complexity index is 1150. The average molecular weight is 436 g/mol. The Labute approximate surface area is 185 Å². The molecule has 3 heterocycles. The molecule has 166 valence electrons. The first-order chi connectivity index (χ1) is 15.6. The van der Waals surface area contributed by atoms with Gasteiger partial charge in [-0.05, 0) is 24.3 Å². The number of para-hydroxylation sites is 2. The Morgan fingerprint density at radius 3 is 2.56 bits per heavy atom. The van der Waals surface area contributed by atoms with Crippen LogP contribution in [0.3, 0.4) is 0 Å². The summed E-state index contributed by atoms with van der Waals surface area (Å²) >= 11 is 0. The first-order valence-corrected chi connectivity index (χ1v) is 10.6. The first-order valence-electron chi connectivity index (χ1n) is 10.6. The molecule has 2 aliphatic rings. The number of nitrogens with zero attached hydrogens (tertiary/aromatic N) is 2. The molecule has 0 spiro atoms. The van der Waals surface area contributed by atoms with Crippen molar-refractivity contribution < 1.29 is 28.2 Å². The Hall–Kier alpha value is -3.68. The fourth-order valence-corrected chi connectivity index (χ4v) is 4.12. The van der Waals surface area contributed by atoms with Gasteiger partial charge in [-0.15, -0.1) is 0 Å². The molecule has 1 aromatic heterocycles. The second-order valence-corrected chi connectivity index (χ2v) is 7.87. The number of carbonyl (C=O) groups excluding carboxylic acids is 2. The zero-order valence-corrected chi connectivity index (χ0v) is 17.8. The summed E-state index contributed by atoms with van der Waals surface area (Å²) in [4.78, 5) is 29.3. The summed E-state index contributed by atoms with van der Waals surface area (Å²) in [5.74, 6) is 1.84. The van der Waals surface area contributed by atoms with Crippen LogP contribution in [0.2, 0.25) is 0 Å². The number of methoxy groups -OCH3 is 1.